The van der Waals surface area contributed by atoms with Crippen LogP contribution in [-0.4, -0.2) is 43.1 Å². The number of rotatable bonds is 2. The van der Waals surface area contributed by atoms with Crippen LogP contribution in [0.25, 0.3) is 10.2 Å². The van der Waals surface area contributed by atoms with Crippen molar-refractivity contribution in [3.63, 3.8) is 0 Å². The van der Waals surface area contributed by atoms with Crippen molar-refractivity contribution in [3.05, 3.63) is 22.7 Å². The van der Waals surface area contributed by atoms with Crippen molar-refractivity contribution in [2.24, 2.45) is 0 Å². The largest absolute Gasteiger partial charge is 0.371 e. The Bertz CT molecular complexity index is 670. The summed E-state index contributed by atoms with van der Waals surface area (Å²) in [5.41, 5.74) is 3.02. The number of piperidine rings is 1. The number of nitrogens with zero attached hydrogens (tertiary/aromatic N) is 3. The van der Waals surface area contributed by atoms with Gasteiger partial charge in [-0.25, -0.2) is 4.98 Å². The zero-order valence-electron chi connectivity index (χ0n) is 13.6. The molecule has 0 spiro atoms. The number of aryl methyl sites for hydroxylation is 2. The minimum Gasteiger partial charge on any atom is -0.371 e. The first-order valence-corrected chi connectivity index (χ1v) is 9.36. The van der Waals surface area contributed by atoms with Gasteiger partial charge in [0.1, 0.15) is 4.83 Å². The third kappa shape index (κ3) is 2.42. The van der Waals surface area contributed by atoms with E-state index in [9.17, 15) is 0 Å². The molecule has 0 amide bonds. The van der Waals surface area contributed by atoms with E-state index in [1.165, 1.54) is 67.5 Å². The second kappa shape index (κ2) is 5.82. The van der Waals surface area contributed by atoms with Crippen molar-refractivity contribution in [3.8, 4) is 0 Å². The smallest absolute Gasteiger partial charge is 0.125 e. The second-order valence-corrected chi connectivity index (χ2v) is 7.95. The number of anilines is 1. The summed E-state index contributed by atoms with van der Waals surface area (Å²) in [4.78, 5) is 12.5. The lowest BCUT2D eigenvalue weighted by molar-refractivity contribution is 0.253. The van der Waals surface area contributed by atoms with Crippen molar-refractivity contribution >= 4 is 27.2 Å². The SMILES string of the molecule is CN1CCC(N(C)c2ccnc3sc4c(c23)CCCC4)CC1. The maximum Gasteiger partial charge on any atom is 0.125 e. The molecular formula is C18H25N3S. The third-order valence-electron chi connectivity index (χ3n) is 5.45. The standard InChI is InChI=1S/C18H25N3S/c1-20-11-8-13(9-12-20)21(2)15-7-10-19-18-17(15)14-5-3-4-6-16(14)22-18/h7,10,13H,3-6,8-9,11-12H2,1-2H3. The highest BCUT2D eigenvalue weighted by Crippen LogP contribution is 2.40. The Balaban J connectivity index is 1.73. The normalized spacial score (nSPS) is 20.3. The van der Waals surface area contributed by atoms with Crippen LogP contribution in [0.5, 0.6) is 0 Å². The van der Waals surface area contributed by atoms with Gasteiger partial charge in [-0.05, 0) is 70.3 Å². The molecule has 3 heterocycles. The average molecular weight is 315 g/mol. The Kier molecular flexibility index (Phi) is 3.82. The van der Waals surface area contributed by atoms with Gasteiger partial charge in [0.15, 0.2) is 0 Å². The maximum atomic E-state index is 4.67. The van der Waals surface area contributed by atoms with Gasteiger partial charge in [-0.15, -0.1) is 11.3 Å². The average Bonchev–Trinajstić information content (AvgIpc) is 2.93. The molecule has 0 radical (unpaired) electrons. The zero-order valence-corrected chi connectivity index (χ0v) is 14.5. The van der Waals surface area contributed by atoms with Crippen molar-refractivity contribution in [1.82, 2.24) is 9.88 Å². The number of pyridine rings is 1. The topological polar surface area (TPSA) is 19.4 Å². The van der Waals surface area contributed by atoms with Crippen LogP contribution >= 0.6 is 11.3 Å². The lowest BCUT2D eigenvalue weighted by Gasteiger charge is -2.36. The van der Waals surface area contributed by atoms with Crippen LogP contribution in [0.15, 0.2) is 12.3 Å². The van der Waals surface area contributed by atoms with Gasteiger partial charge in [0.05, 0.1) is 0 Å². The number of fused-ring (bicyclic) bond motifs is 3. The molecular weight excluding hydrogens is 290 g/mol. The van der Waals surface area contributed by atoms with Gasteiger partial charge in [0.25, 0.3) is 0 Å². The van der Waals surface area contributed by atoms with Gasteiger partial charge in [-0.3, -0.25) is 0 Å². The van der Waals surface area contributed by atoms with Gasteiger partial charge in [-0.1, -0.05) is 0 Å². The molecule has 0 unspecified atom stereocenters. The monoisotopic (exact) mass is 315 g/mol. The highest BCUT2D eigenvalue weighted by Gasteiger charge is 2.25. The maximum absolute atomic E-state index is 4.67. The van der Waals surface area contributed by atoms with Gasteiger partial charge in [-0.2, -0.15) is 0 Å². The Labute approximate surface area is 136 Å². The lowest BCUT2D eigenvalue weighted by atomic mass is 9.95. The Hall–Kier alpha value is -1.13. The fourth-order valence-electron chi connectivity index (χ4n) is 4.04. The van der Waals surface area contributed by atoms with Crippen molar-refractivity contribution < 1.29 is 0 Å². The van der Waals surface area contributed by atoms with Crippen LogP contribution in [0.4, 0.5) is 5.69 Å². The van der Waals surface area contributed by atoms with Crippen LogP contribution in [0, 0.1) is 0 Å². The summed E-state index contributed by atoms with van der Waals surface area (Å²) in [6.45, 7) is 2.43. The summed E-state index contributed by atoms with van der Waals surface area (Å²) >= 11 is 1.93. The molecule has 0 saturated carbocycles. The first kappa shape index (κ1) is 14.5. The van der Waals surface area contributed by atoms with E-state index in [0.717, 1.165) is 0 Å². The van der Waals surface area contributed by atoms with Crippen molar-refractivity contribution in [2.75, 3.05) is 32.1 Å². The van der Waals surface area contributed by atoms with Crippen LogP contribution < -0.4 is 4.90 Å². The van der Waals surface area contributed by atoms with Gasteiger partial charge in [0, 0.05) is 35.2 Å². The van der Waals surface area contributed by atoms with Crippen LogP contribution in [0.2, 0.25) is 0 Å². The predicted octanol–water partition coefficient (Wildman–Crippen LogP) is 3.71. The molecule has 2 aliphatic rings. The molecule has 4 rings (SSSR count). The summed E-state index contributed by atoms with van der Waals surface area (Å²) in [5.74, 6) is 0. The van der Waals surface area contributed by atoms with Crippen LogP contribution in [0.3, 0.4) is 0 Å². The molecule has 1 saturated heterocycles. The number of hydrogen-bond donors (Lipinski definition) is 0. The summed E-state index contributed by atoms with van der Waals surface area (Å²) in [6.07, 6.45) is 9.73. The second-order valence-electron chi connectivity index (χ2n) is 6.87. The van der Waals surface area contributed by atoms with Crippen molar-refractivity contribution in [1.29, 1.82) is 0 Å². The van der Waals surface area contributed by atoms with E-state index in [4.69, 9.17) is 0 Å². The van der Waals surface area contributed by atoms with Crippen molar-refractivity contribution in [2.45, 2.75) is 44.6 Å². The third-order valence-corrected chi connectivity index (χ3v) is 6.65. The fourth-order valence-corrected chi connectivity index (χ4v) is 5.29. The molecule has 0 bridgehead atoms. The van der Waals surface area contributed by atoms with Crippen LogP contribution in [-0.2, 0) is 12.8 Å². The van der Waals surface area contributed by atoms with E-state index in [-0.39, 0.29) is 0 Å². The molecule has 4 heteroatoms. The molecule has 2 aromatic rings. The molecule has 118 valence electrons. The van der Waals surface area contributed by atoms with Gasteiger partial charge < -0.3 is 9.80 Å². The number of thiophene rings is 1. The van der Waals surface area contributed by atoms with E-state index in [2.05, 4.69) is 34.9 Å². The fraction of sp³-hybridized carbons (Fsp3) is 0.611. The van der Waals surface area contributed by atoms with Crippen LogP contribution in [0.1, 0.15) is 36.1 Å². The minimum atomic E-state index is 0.668. The quantitative estimate of drug-likeness (QED) is 0.842. The molecule has 0 aromatic carbocycles. The van der Waals surface area contributed by atoms with E-state index >= 15 is 0 Å². The number of likely N-dealkylation sites (tertiary alicyclic amines) is 1. The number of hydrogen-bond acceptors (Lipinski definition) is 4. The molecule has 1 aliphatic carbocycles. The van der Waals surface area contributed by atoms with Gasteiger partial charge >= 0.3 is 0 Å². The minimum absolute atomic E-state index is 0.668. The molecule has 22 heavy (non-hydrogen) atoms. The van der Waals surface area contributed by atoms with E-state index in [0.29, 0.717) is 6.04 Å². The summed E-state index contributed by atoms with van der Waals surface area (Å²) in [5, 5.41) is 1.46. The van der Waals surface area contributed by atoms with E-state index in [1.54, 1.807) is 10.4 Å². The number of aromatic nitrogens is 1. The van der Waals surface area contributed by atoms with E-state index in [1.807, 2.05) is 17.5 Å². The molecule has 3 nitrogen and oxygen atoms in total. The predicted molar refractivity (Wildman–Crippen MR) is 95.2 cm³/mol. The first-order chi connectivity index (χ1) is 10.7. The lowest BCUT2D eigenvalue weighted by Crippen LogP contribution is -2.42. The molecule has 0 atom stereocenters. The van der Waals surface area contributed by atoms with Gasteiger partial charge in [0.2, 0.25) is 0 Å². The van der Waals surface area contributed by atoms with E-state index < -0.39 is 0 Å². The summed E-state index contributed by atoms with van der Waals surface area (Å²) in [7, 11) is 4.52. The molecule has 1 fully saturated rings. The Morgan fingerprint density at radius 3 is 2.82 bits per heavy atom. The summed E-state index contributed by atoms with van der Waals surface area (Å²) < 4.78 is 0. The highest BCUT2D eigenvalue weighted by molar-refractivity contribution is 7.19. The molecule has 1 aliphatic heterocycles. The molecule has 0 N–H and O–H groups in total. The zero-order chi connectivity index (χ0) is 15.1. The Morgan fingerprint density at radius 1 is 1.23 bits per heavy atom. The highest BCUT2D eigenvalue weighted by atomic mass is 32.1. The Morgan fingerprint density at radius 2 is 2.00 bits per heavy atom. The summed E-state index contributed by atoms with van der Waals surface area (Å²) in [6, 6.07) is 2.91. The first-order valence-electron chi connectivity index (χ1n) is 8.54. The molecule has 2 aromatic heterocycles.